The summed E-state index contributed by atoms with van der Waals surface area (Å²) in [7, 11) is 0. The van der Waals surface area contributed by atoms with E-state index >= 15 is 0 Å². The van der Waals surface area contributed by atoms with E-state index in [4.69, 9.17) is 5.73 Å². The highest BCUT2D eigenvalue weighted by Crippen LogP contribution is 2.29. The lowest BCUT2D eigenvalue weighted by atomic mass is 10.1. The Hall–Kier alpha value is -0.840. The van der Waals surface area contributed by atoms with Crippen molar-refractivity contribution in [3.05, 3.63) is 23.7 Å². The maximum atomic E-state index is 5.92. The maximum absolute atomic E-state index is 5.92. The Morgan fingerprint density at radius 1 is 1.29 bits per heavy atom. The van der Waals surface area contributed by atoms with Gasteiger partial charge in [-0.25, -0.2) is 4.98 Å². The molecular formula is C12H16ClN3S. The maximum Gasteiger partial charge on any atom is 0.137 e. The number of nitrogens with zero attached hydrogens (tertiary/aromatic N) is 2. The second kappa shape index (κ2) is 5.21. The predicted molar refractivity (Wildman–Crippen MR) is 76.3 cm³/mol. The number of fused-ring (bicyclic) bond motifs is 1. The van der Waals surface area contributed by atoms with Gasteiger partial charge in [0.2, 0.25) is 0 Å². The topological polar surface area (TPSA) is 42.1 Å². The third-order valence-corrected chi connectivity index (χ3v) is 4.08. The van der Waals surface area contributed by atoms with Crippen LogP contribution in [0.4, 0.5) is 5.82 Å². The first kappa shape index (κ1) is 12.6. The van der Waals surface area contributed by atoms with Gasteiger partial charge in [0.1, 0.15) is 5.82 Å². The normalized spacial score (nSPS) is 17.1. The fraction of sp³-hybridized carbons (Fsp3) is 0.417. The lowest BCUT2D eigenvalue weighted by molar-refractivity contribution is 0.499. The van der Waals surface area contributed by atoms with Gasteiger partial charge in [-0.05, 0) is 30.4 Å². The molecule has 1 fully saturated rings. The first-order valence-corrected chi connectivity index (χ1v) is 6.55. The van der Waals surface area contributed by atoms with Gasteiger partial charge in [-0.2, -0.15) is 0 Å². The zero-order valence-corrected chi connectivity index (χ0v) is 11.1. The summed E-state index contributed by atoms with van der Waals surface area (Å²) in [6.07, 6.45) is 4.05. The Kier molecular flexibility index (Phi) is 3.86. The van der Waals surface area contributed by atoms with Gasteiger partial charge in [0, 0.05) is 35.4 Å². The van der Waals surface area contributed by atoms with Gasteiger partial charge >= 0.3 is 0 Å². The summed E-state index contributed by atoms with van der Waals surface area (Å²) >= 11 is 1.77. The number of rotatable bonds is 1. The summed E-state index contributed by atoms with van der Waals surface area (Å²) in [5, 5.41) is 3.41. The molecule has 2 N–H and O–H groups in total. The van der Waals surface area contributed by atoms with Crippen molar-refractivity contribution in [3.63, 3.8) is 0 Å². The molecule has 3 rings (SSSR count). The van der Waals surface area contributed by atoms with Crippen molar-refractivity contribution in [1.29, 1.82) is 0 Å². The molecule has 1 aliphatic rings. The molecule has 92 valence electrons. The number of hydrogen-bond acceptors (Lipinski definition) is 4. The number of anilines is 1. The van der Waals surface area contributed by atoms with Crippen LogP contribution in [0.3, 0.4) is 0 Å². The van der Waals surface area contributed by atoms with Gasteiger partial charge in [0.15, 0.2) is 0 Å². The van der Waals surface area contributed by atoms with Gasteiger partial charge in [0.05, 0.1) is 0 Å². The Balaban J connectivity index is 0.00000108. The van der Waals surface area contributed by atoms with Crippen LogP contribution in [0.25, 0.3) is 10.1 Å². The molecule has 0 atom stereocenters. The van der Waals surface area contributed by atoms with Crippen LogP contribution in [0.5, 0.6) is 0 Å². The molecule has 0 aromatic carbocycles. The summed E-state index contributed by atoms with van der Waals surface area (Å²) in [4.78, 5) is 6.88. The molecule has 3 nitrogen and oxygen atoms in total. The monoisotopic (exact) mass is 269 g/mol. The van der Waals surface area contributed by atoms with Crippen molar-refractivity contribution in [2.75, 3.05) is 18.0 Å². The summed E-state index contributed by atoms with van der Waals surface area (Å²) in [6.45, 7) is 2.06. The minimum atomic E-state index is 0. The molecule has 0 radical (unpaired) electrons. The lowest BCUT2D eigenvalue weighted by Crippen LogP contribution is -2.40. The van der Waals surface area contributed by atoms with Gasteiger partial charge in [-0.3, -0.25) is 0 Å². The van der Waals surface area contributed by atoms with E-state index in [2.05, 4.69) is 27.4 Å². The van der Waals surface area contributed by atoms with Crippen molar-refractivity contribution >= 4 is 39.6 Å². The quantitative estimate of drug-likeness (QED) is 0.865. The van der Waals surface area contributed by atoms with Crippen LogP contribution in [0.2, 0.25) is 0 Å². The van der Waals surface area contributed by atoms with Crippen LogP contribution in [0, 0.1) is 0 Å². The molecule has 5 heteroatoms. The number of thiophene rings is 1. The number of piperidine rings is 1. The second-order valence-corrected chi connectivity index (χ2v) is 5.24. The predicted octanol–water partition coefficient (Wildman–Crippen LogP) is 2.65. The number of halogens is 1. The molecule has 0 unspecified atom stereocenters. The van der Waals surface area contributed by atoms with Crippen molar-refractivity contribution in [2.24, 2.45) is 5.73 Å². The lowest BCUT2D eigenvalue weighted by Gasteiger charge is -2.31. The van der Waals surface area contributed by atoms with Crippen LogP contribution in [-0.2, 0) is 0 Å². The van der Waals surface area contributed by atoms with E-state index in [1.165, 1.54) is 10.1 Å². The van der Waals surface area contributed by atoms with Crippen molar-refractivity contribution in [1.82, 2.24) is 4.98 Å². The van der Waals surface area contributed by atoms with Crippen LogP contribution in [0.15, 0.2) is 23.7 Å². The van der Waals surface area contributed by atoms with E-state index in [0.717, 1.165) is 31.7 Å². The minimum absolute atomic E-state index is 0. The third-order valence-electron chi connectivity index (χ3n) is 3.20. The Morgan fingerprint density at radius 3 is 2.82 bits per heavy atom. The average Bonchev–Trinajstić information content (AvgIpc) is 2.78. The highest BCUT2D eigenvalue weighted by atomic mass is 35.5. The summed E-state index contributed by atoms with van der Waals surface area (Å²) < 4.78 is 1.32. The molecule has 0 aliphatic carbocycles. The van der Waals surface area contributed by atoms with Crippen molar-refractivity contribution < 1.29 is 0 Å². The van der Waals surface area contributed by atoms with E-state index in [-0.39, 0.29) is 12.4 Å². The molecule has 0 amide bonds. The first-order valence-electron chi connectivity index (χ1n) is 5.67. The molecule has 3 heterocycles. The zero-order chi connectivity index (χ0) is 11.0. The Labute approximate surface area is 111 Å². The SMILES string of the molecule is Cl.NC1CCN(c2nccc3sccc23)CC1. The van der Waals surface area contributed by atoms with Crippen LogP contribution in [0.1, 0.15) is 12.8 Å². The van der Waals surface area contributed by atoms with E-state index in [1.807, 2.05) is 6.20 Å². The molecule has 1 aliphatic heterocycles. The molecule has 17 heavy (non-hydrogen) atoms. The molecule has 2 aromatic rings. The molecule has 0 saturated carbocycles. The van der Waals surface area contributed by atoms with Gasteiger partial charge in [0.25, 0.3) is 0 Å². The third kappa shape index (κ3) is 2.39. The molecule has 1 saturated heterocycles. The van der Waals surface area contributed by atoms with Crippen LogP contribution >= 0.6 is 23.7 Å². The largest absolute Gasteiger partial charge is 0.356 e. The smallest absolute Gasteiger partial charge is 0.137 e. The van der Waals surface area contributed by atoms with E-state index in [0.29, 0.717) is 6.04 Å². The zero-order valence-electron chi connectivity index (χ0n) is 9.50. The van der Waals surface area contributed by atoms with Gasteiger partial charge in [-0.15, -0.1) is 23.7 Å². The van der Waals surface area contributed by atoms with E-state index in [1.54, 1.807) is 11.3 Å². The van der Waals surface area contributed by atoms with E-state index < -0.39 is 0 Å². The summed E-state index contributed by atoms with van der Waals surface area (Å²) in [5.74, 6) is 1.13. The molecule has 0 spiro atoms. The Bertz CT molecular complexity index is 491. The summed E-state index contributed by atoms with van der Waals surface area (Å²) in [6, 6.07) is 4.62. The van der Waals surface area contributed by atoms with Gasteiger partial charge < -0.3 is 10.6 Å². The highest BCUT2D eigenvalue weighted by Gasteiger charge is 2.18. The highest BCUT2D eigenvalue weighted by molar-refractivity contribution is 7.17. The van der Waals surface area contributed by atoms with Gasteiger partial charge in [-0.1, -0.05) is 0 Å². The average molecular weight is 270 g/mol. The number of pyridine rings is 1. The second-order valence-electron chi connectivity index (χ2n) is 4.29. The van der Waals surface area contributed by atoms with Crippen molar-refractivity contribution in [2.45, 2.75) is 18.9 Å². The van der Waals surface area contributed by atoms with Crippen LogP contribution in [-0.4, -0.2) is 24.1 Å². The molecule has 0 bridgehead atoms. The number of aromatic nitrogens is 1. The van der Waals surface area contributed by atoms with E-state index in [9.17, 15) is 0 Å². The van der Waals surface area contributed by atoms with Crippen molar-refractivity contribution in [3.8, 4) is 0 Å². The fourth-order valence-corrected chi connectivity index (χ4v) is 3.02. The van der Waals surface area contributed by atoms with Crippen LogP contribution < -0.4 is 10.6 Å². The number of nitrogens with two attached hydrogens (primary N) is 1. The fourth-order valence-electron chi connectivity index (χ4n) is 2.24. The standard InChI is InChI=1S/C12H15N3S.ClH/c13-9-2-6-15(7-3-9)12-10-4-8-16-11(10)1-5-14-12;/h1,4-5,8-9H,2-3,6-7,13H2;1H. The first-order chi connectivity index (χ1) is 7.84. The molecular weight excluding hydrogens is 254 g/mol. The molecule has 2 aromatic heterocycles. The Morgan fingerprint density at radius 2 is 2.06 bits per heavy atom. The summed E-state index contributed by atoms with van der Waals surface area (Å²) in [5.41, 5.74) is 5.92. The minimum Gasteiger partial charge on any atom is -0.356 e. The number of hydrogen-bond donors (Lipinski definition) is 1.